The van der Waals surface area contributed by atoms with Crippen molar-refractivity contribution < 1.29 is 0 Å². The SMILES string of the molecule is CCC(C)c1[c]ccc(C(C)C)c1Cc1ccc(Cl)cc1. The Bertz CT molecular complexity index is 581. The second-order valence-corrected chi connectivity index (χ2v) is 6.53. The first-order chi connectivity index (χ1) is 10.0. The lowest BCUT2D eigenvalue weighted by Crippen LogP contribution is -2.05. The lowest BCUT2D eigenvalue weighted by atomic mass is 9.84. The third-order valence-corrected chi connectivity index (χ3v) is 4.45. The Morgan fingerprint density at radius 1 is 1.05 bits per heavy atom. The van der Waals surface area contributed by atoms with Gasteiger partial charge in [-0.1, -0.05) is 63.6 Å². The molecule has 0 aliphatic rings. The molecule has 111 valence electrons. The molecule has 0 heterocycles. The summed E-state index contributed by atoms with van der Waals surface area (Å²) in [4.78, 5) is 0. The minimum Gasteiger partial charge on any atom is -0.0843 e. The maximum Gasteiger partial charge on any atom is 0.0406 e. The average molecular weight is 300 g/mol. The smallest absolute Gasteiger partial charge is 0.0406 e. The molecule has 1 unspecified atom stereocenters. The predicted molar refractivity (Wildman–Crippen MR) is 92.3 cm³/mol. The third-order valence-electron chi connectivity index (χ3n) is 4.20. The van der Waals surface area contributed by atoms with Crippen molar-refractivity contribution in [1.29, 1.82) is 0 Å². The Labute approximate surface area is 134 Å². The summed E-state index contributed by atoms with van der Waals surface area (Å²) in [6.07, 6.45) is 2.10. The van der Waals surface area contributed by atoms with E-state index >= 15 is 0 Å². The quantitative estimate of drug-likeness (QED) is 0.602. The molecule has 1 atom stereocenters. The van der Waals surface area contributed by atoms with Gasteiger partial charge < -0.3 is 0 Å². The van der Waals surface area contributed by atoms with Crippen molar-refractivity contribution in [3.63, 3.8) is 0 Å². The van der Waals surface area contributed by atoms with Gasteiger partial charge in [-0.15, -0.1) is 0 Å². The third kappa shape index (κ3) is 3.89. The Morgan fingerprint density at radius 3 is 2.29 bits per heavy atom. The van der Waals surface area contributed by atoms with Crippen LogP contribution in [0.25, 0.3) is 0 Å². The first-order valence-corrected chi connectivity index (χ1v) is 8.18. The van der Waals surface area contributed by atoms with Crippen molar-refractivity contribution in [2.75, 3.05) is 0 Å². The summed E-state index contributed by atoms with van der Waals surface area (Å²) in [6.45, 7) is 9.07. The Hall–Kier alpha value is -1.27. The van der Waals surface area contributed by atoms with Crippen LogP contribution in [-0.2, 0) is 6.42 Å². The summed E-state index contributed by atoms with van der Waals surface area (Å²) < 4.78 is 0. The number of hydrogen-bond acceptors (Lipinski definition) is 0. The summed E-state index contributed by atoms with van der Waals surface area (Å²) in [6, 6.07) is 16.0. The van der Waals surface area contributed by atoms with Gasteiger partial charge in [0, 0.05) is 5.02 Å². The zero-order valence-electron chi connectivity index (χ0n) is 13.4. The standard InChI is InChI=1S/C20H24Cl/c1-5-15(4)19-8-6-7-18(14(2)3)20(19)13-16-9-11-17(21)12-10-16/h6-7,9-12,14-15H,5,13H2,1-4H3. The molecule has 0 aromatic heterocycles. The molecule has 0 aliphatic carbocycles. The van der Waals surface area contributed by atoms with Gasteiger partial charge in [0.1, 0.15) is 0 Å². The van der Waals surface area contributed by atoms with Crippen LogP contribution >= 0.6 is 11.6 Å². The summed E-state index contributed by atoms with van der Waals surface area (Å²) in [5, 5.41) is 0.796. The van der Waals surface area contributed by atoms with Gasteiger partial charge in [0.2, 0.25) is 0 Å². The molecule has 1 radical (unpaired) electrons. The highest BCUT2D eigenvalue weighted by Crippen LogP contribution is 2.31. The molecule has 2 aromatic carbocycles. The van der Waals surface area contributed by atoms with Gasteiger partial charge in [0.25, 0.3) is 0 Å². The van der Waals surface area contributed by atoms with E-state index in [0.717, 1.165) is 17.9 Å². The molecule has 0 spiro atoms. The first-order valence-electron chi connectivity index (χ1n) is 7.80. The molecule has 0 aliphatic heterocycles. The molecule has 0 N–H and O–H groups in total. The molecule has 2 aromatic rings. The normalized spacial score (nSPS) is 12.7. The molecule has 0 amide bonds. The van der Waals surface area contributed by atoms with E-state index in [2.05, 4.69) is 58.0 Å². The fourth-order valence-electron chi connectivity index (χ4n) is 2.75. The largest absolute Gasteiger partial charge is 0.0843 e. The Balaban J connectivity index is 2.45. The fraction of sp³-hybridized carbons (Fsp3) is 0.400. The van der Waals surface area contributed by atoms with Crippen LogP contribution < -0.4 is 0 Å². The predicted octanol–water partition coefficient (Wildman–Crippen LogP) is 6.37. The van der Waals surface area contributed by atoms with Crippen molar-refractivity contribution in [1.82, 2.24) is 0 Å². The highest BCUT2D eigenvalue weighted by atomic mass is 35.5. The molecular weight excluding hydrogens is 276 g/mol. The summed E-state index contributed by atoms with van der Waals surface area (Å²) in [7, 11) is 0. The molecule has 1 heteroatoms. The van der Waals surface area contributed by atoms with Gasteiger partial charge in [0.15, 0.2) is 0 Å². The summed E-state index contributed by atoms with van der Waals surface area (Å²) >= 11 is 5.99. The van der Waals surface area contributed by atoms with Crippen molar-refractivity contribution >= 4 is 11.6 Å². The van der Waals surface area contributed by atoms with Gasteiger partial charge in [-0.2, -0.15) is 0 Å². The van der Waals surface area contributed by atoms with Crippen LogP contribution in [0.15, 0.2) is 36.4 Å². The number of rotatable bonds is 5. The van der Waals surface area contributed by atoms with Crippen LogP contribution in [0.5, 0.6) is 0 Å². The van der Waals surface area contributed by atoms with E-state index in [1.54, 1.807) is 0 Å². The second kappa shape index (κ2) is 7.13. The monoisotopic (exact) mass is 299 g/mol. The van der Waals surface area contributed by atoms with Crippen molar-refractivity contribution in [3.05, 3.63) is 69.7 Å². The van der Waals surface area contributed by atoms with E-state index in [1.165, 1.54) is 22.3 Å². The highest BCUT2D eigenvalue weighted by Gasteiger charge is 2.15. The van der Waals surface area contributed by atoms with E-state index in [4.69, 9.17) is 11.6 Å². The average Bonchev–Trinajstić information content (AvgIpc) is 2.48. The molecule has 0 fully saturated rings. The van der Waals surface area contributed by atoms with E-state index in [0.29, 0.717) is 11.8 Å². The van der Waals surface area contributed by atoms with E-state index in [-0.39, 0.29) is 0 Å². The van der Waals surface area contributed by atoms with Crippen molar-refractivity contribution in [2.24, 2.45) is 0 Å². The van der Waals surface area contributed by atoms with E-state index in [9.17, 15) is 0 Å². The van der Waals surface area contributed by atoms with E-state index < -0.39 is 0 Å². The highest BCUT2D eigenvalue weighted by molar-refractivity contribution is 6.30. The maximum atomic E-state index is 5.99. The lowest BCUT2D eigenvalue weighted by molar-refractivity contribution is 0.716. The van der Waals surface area contributed by atoms with Crippen LogP contribution in [0.1, 0.15) is 68.2 Å². The molecule has 0 nitrogen and oxygen atoms in total. The van der Waals surface area contributed by atoms with Crippen LogP contribution in [0, 0.1) is 6.07 Å². The van der Waals surface area contributed by atoms with Crippen LogP contribution in [0.2, 0.25) is 5.02 Å². The minimum atomic E-state index is 0.532. The van der Waals surface area contributed by atoms with Crippen molar-refractivity contribution in [3.8, 4) is 0 Å². The summed E-state index contributed by atoms with van der Waals surface area (Å²) in [5.41, 5.74) is 5.58. The molecular formula is C20H24Cl. The number of halogens is 1. The van der Waals surface area contributed by atoms with Gasteiger partial charge in [-0.05, 0) is 65.1 Å². The molecule has 0 saturated carbocycles. The number of hydrogen-bond donors (Lipinski definition) is 0. The number of benzene rings is 2. The van der Waals surface area contributed by atoms with Crippen LogP contribution in [-0.4, -0.2) is 0 Å². The second-order valence-electron chi connectivity index (χ2n) is 6.09. The zero-order chi connectivity index (χ0) is 15.4. The van der Waals surface area contributed by atoms with Gasteiger partial charge in [0.05, 0.1) is 0 Å². The van der Waals surface area contributed by atoms with Gasteiger partial charge >= 0.3 is 0 Å². The van der Waals surface area contributed by atoms with Crippen LogP contribution in [0.3, 0.4) is 0 Å². The molecule has 2 rings (SSSR count). The van der Waals surface area contributed by atoms with Crippen LogP contribution in [0.4, 0.5) is 0 Å². The zero-order valence-corrected chi connectivity index (χ0v) is 14.2. The maximum absolute atomic E-state index is 5.99. The van der Waals surface area contributed by atoms with E-state index in [1.807, 2.05) is 12.1 Å². The molecule has 0 bridgehead atoms. The van der Waals surface area contributed by atoms with Gasteiger partial charge in [-0.25, -0.2) is 0 Å². The van der Waals surface area contributed by atoms with Gasteiger partial charge in [-0.3, -0.25) is 0 Å². The fourth-order valence-corrected chi connectivity index (χ4v) is 2.88. The minimum absolute atomic E-state index is 0.532. The Kier molecular flexibility index (Phi) is 5.47. The molecule has 0 saturated heterocycles. The molecule has 21 heavy (non-hydrogen) atoms. The Morgan fingerprint density at radius 2 is 1.71 bits per heavy atom. The lowest BCUT2D eigenvalue weighted by Gasteiger charge is -2.20. The topological polar surface area (TPSA) is 0 Å². The first kappa shape index (κ1) is 16.1. The summed E-state index contributed by atoms with van der Waals surface area (Å²) in [5.74, 6) is 1.08. The van der Waals surface area contributed by atoms with Crippen molar-refractivity contribution in [2.45, 2.75) is 52.4 Å².